The standard InChI is InChI=1S/C55H75N3O7/c1-4-5-6-9-35-14-17-40(50(61)29-35)10-7-8-11-41-18-19-43(46-28-38(26-37-23-25-57-52(56)30-37)33-55(46,65)24-22-49(60)53(41)54(63)64)47-20-21-48(58-47)44-31-42(59)32-51(62)45(44)27-36-12-15-39(16-13-36)34(2)3/h12-17,20-21,23,25,30-32,34-35,38,40-41,43,46,49-50,53,58-62,65H,4-11,18-19,22,24,26-29,33H2,1-3H3,(H2,56,57)(H,63,64). The number of hydrogen-bond donors (Lipinski definition) is 8. The number of allylic oxidation sites excluding steroid dienone is 1. The van der Waals surface area contributed by atoms with Gasteiger partial charge in [0.25, 0.3) is 0 Å². The van der Waals surface area contributed by atoms with Gasteiger partial charge >= 0.3 is 5.97 Å². The minimum absolute atomic E-state index is 0.00858. The lowest BCUT2D eigenvalue weighted by atomic mass is 9.69. The molecule has 10 heteroatoms. The second-order valence-corrected chi connectivity index (χ2v) is 20.5. The van der Waals surface area contributed by atoms with E-state index in [1.165, 1.54) is 30.9 Å². The highest BCUT2D eigenvalue weighted by molar-refractivity contribution is 5.71. The fourth-order valence-electron chi connectivity index (χ4n) is 12.0. The summed E-state index contributed by atoms with van der Waals surface area (Å²) in [6.45, 7) is 6.53. The number of aromatic hydroxyl groups is 2. The summed E-state index contributed by atoms with van der Waals surface area (Å²) in [5.41, 5.74) is 11.3. The van der Waals surface area contributed by atoms with Crippen molar-refractivity contribution in [3.63, 3.8) is 0 Å². The lowest BCUT2D eigenvalue weighted by molar-refractivity contribution is -0.150. The van der Waals surface area contributed by atoms with Crippen LogP contribution in [-0.2, 0) is 17.6 Å². The largest absolute Gasteiger partial charge is 0.508 e. The highest BCUT2D eigenvalue weighted by Crippen LogP contribution is 2.53. The molecule has 3 aliphatic carbocycles. The number of nitrogens with one attached hydrogen (secondary N) is 1. The van der Waals surface area contributed by atoms with E-state index in [-0.39, 0.29) is 60.0 Å². The number of aliphatic carboxylic acids is 1. The molecule has 2 saturated carbocycles. The number of carboxylic acid groups (broad SMARTS) is 1. The van der Waals surface area contributed by atoms with E-state index < -0.39 is 23.6 Å². The fraction of sp³-hybridized carbons (Fsp3) is 0.564. The number of unbranched alkanes of at least 4 members (excludes halogenated alkanes) is 3. The molecule has 10 unspecified atom stereocenters. The van der Waals surface area contributed by atoms with Crippen molar-refractivity contribution >= 4 is 11.8 Å². The second kappa shape index (κ2) is 21.8. The zero-order valence-electron chi connectivity index (χ0n) is 38.9. The van der Waals surface area contributed by atoms with Gasteiger partial charge < -0.3 is 41.4 Å². The molecule has 2 heterocycles. The molecule has 0 bridgehead atoms. The summed E-state index contributed by atoms with van der Waals surface area (Å²) in [7, 11) is 0. The van der Waals surface area contributed by atoms with Crippen molar-refractivity contribution in [1.82, 2.24) is 9.97 Å². The molecular formula is C55H75N3O7. The average molecular weight is 890 g/mol. The first kappa shape index (κ1) is 48.3. The molecule has 10 nitrogen and oxygen atoms in total. The number of benzene rings is 2. The van der Waals surface area contributed by atoms with Gasteiger partial charge in [-0.1, -0.05) is 89.3 Å². The predicted octanol–water partition coefficient (Wildman–Crippen LogP) is 10.8. The summed E-state index contributed by atoms with van der Waals surface area (Å²) in [4.78, 5) is 21.0. The molecule has 9 N–H and O–H groups in total. The summed E-state index contributed by atoms with van der Waals surface area (Å²) < 4.78 is 0. The average Bonchev–Trinajstić information content (AvgIpc) is 3.88. The smallest absolute Gasteiger partial charge is 0.309 e. The van der Waals surface area contributed by atoms with Crippen LogP contribution in [0.4, 0.5) is 5.82 Å². The highest BCUT2D eigenvalue weighted by Gasteiger charge is 2.51. The van der Waals surface area contributed by atoms with Crippen molar-refractivity contribution < 1.29 is 35.4 Å². The molecule has 0 radical (unpaired) electrons. The number of phenolic OH excluding ortho intramolecular Hbond substituents is 2. The number of aliphatic hydroxyl groups excluding tert-OH is 2. The van der Waals surface area contributed by atoms with Crippen LogP contribution in [0.25, 0.3) is 11.3 Å². The second-order valence-electron chi connectivity index (χ2n) is 20.5. The van der Waals surface area contributed by atoms with Crippen molar-refractivity contribution in [1.29, 1.82) is 0 Å². The number of rotatable bonds is 17. The van der Waals surface area contributed by atoms with Gasteiger partial charge in [0, 0.05) is 53.0 Å². The van der Waals surface area contributed by atoms with Crippen LogP contribution in [0, 0.1) is 35.5 Å². The Labute approximate surface area is 386 Å². The Morgan fingerprint density at radius 1 is 0.877 bits per heavy atom. The number of aromatic amines is 1. The number of H-pyrrole nitrogens is 1. The number of aromatic nitrogens is 2. The van der Waals surface area contributed by atoms with E-state index in [0.717, 1.165) is 61.0 Å². The van der Waals surface area contributed by atoms with Crippen LogP contribution < -0.4 is 5.73 Å². The van der Waals surface area contributed by atoms with E-state index in [1.807, 2.05) is 18.2 Å². The lowest BCUT2D eigenvalue weighted by Crippen LogP contribution is -2.42. The molecule has 0 amide bonds. The Morgan fingerprint density at radius 3 is 2.37 bits per heavy atom. The van der Waals surface area contributed by atoms with Gasteiger partial charge in [0.05, 0.1) is 23.7 Å². The van der Waals surface area contributed by atoms with Crippen LogP contribution >= 0.6 is 0 Å². The number of hydrogen-bond acceptors (Lipinski definition) is 8. The van der Waals surface area contributed by atoms with E-state index in [4.69, 9.17) is 5.73 Å². The summed E-state index contributed by atoms with van der Waals surface area (Å²) in [5.74, 6) is -1.14. The van der Waals surface area contributed by atoms with Crippen molar-refractivity contribution in [2.75, 3.05) is 5.73 Å². The Kier molecular flexibility index (Phi) is 16.2. The molecule has 10 atom stereocenters. The van der Waals surface area contributed by atoms with Gasteiger partial charge in [-0.05, 0) is 147 Å². The maximum Gasteiger partial charge on any atom is 0.309 e. The molecule has 2 fully saturated rings. The topological polar surface area (TPSA) is 193 Å². The number of fused-ring (bicyclic) bond motifs is 1. The van der Waals surface area contributed by atoms with Crippen LogP contribution in [0.3, 0.4) is 0 Å². The molecule has 352 valence electrons. The van der Waals surface area contributed by atoms with E-state index in [1.54, 1.807) is 12.3 Å². The van der Waals surface area contributed by atoms with Crippen LogP contribution in [0.5, 0.6) is 11.5 Å². The first-order chi connectivity index (χ1) is 31.2. The number of nitrogens with two attached hydrogens (primary N) is 1. The van der Waals surface area contributed by atoms with Crippen molar-refractivity contribution in [2.45, 2.75) is 160 Å². The molecule has 7 rings (SSSR count). The molecule has 4 aromatic rings. The first-order valence-corrected chi connectivity index (χ1v) is 24.7. The predicted molar refractivity (Wildman–Crippen MR) is 258 cm³/mol. The fourth-order valence-corrected chi connectivity index (χ4v) is 12.0. The molecular weight excluding hydrogens is 815 g/mol. The van der Waals surface area contributed by atoms with E-state index in [9.17, 15) is 35.4 Å². The molecule has 0 aliphatic heterocycles. The van der Waals surface area contributed by atoms with Crippen LogP contribution in [0.1, 0.15) is 157 Å². The first-order valence-electron chi connectivity index (χ1n) is 24.7. The van der Waals surface area contributed by atoms with Crippen molar-refractivity contribution in [2.24, 2.45) is 35.5 Å². The monoisotopic (exact) mass is 890 g/mol. The van der Waals surface area contributed by atoms with Crippen LogP contribution in [-0.4, -0.2) is 64.4 Å². The molecule has 0 saturated heterocycles. The summed E-state index contributed by atoms with van der Waals surface area (Å²) in [5, 5.41) is 68.4. The molecule has 2 aromatic carbocycles. The number of aliphatic hydroxyl groups is 3. The van der Waals surface area contributed by atoms with Crippen molar-refractivity contribution in [3.8, 4) is 22.8 Å². The maximum atomic E-state index is 13.1. The van der Waals surface area contributed by atoms with Crippen molar-refractivity contribution in [3.05, 3.63) is 107 Å². The Hall–Kier alpha value is -4.64. The number of nitrogen functional groups attached to an aromatic ring is 1. The normalized spacial score (nSPS) is 28.3. The minimum Gasteiger partial charge on any atom is -0.508 e. The number of phenols is 2. The number of nitrogens with zero attached hydrogens (tertiary/aromatic N) is 1. The summed E-state index contributed by atoms with van der Waals surface area (Å²) >= 11 is 0. The van der Waals surface area contributed by atoms with Gasteiger partial charge in [-0.3, -0.25) is 4.79 Å². The lowest BCUT2D eigenvalue weighted by Gasteiger charge is -2.39. The van der Waals surface area contributed by atoms with E-state index >= 15 is 0 Å². The SMILES string of the molecule is CCCCCC1C=CC(CCCCC2CCC(c3ccc(-c4cc(O)cc(O)c4Cc4ccc(C(C)C)cc4)[nH]3)C3CC(Cc4ccnc(N)c4)CC3(O)CCC(O)C2C(=O)O)C(O)C1. The quantitative estimate of drug-likeness (QED) is 0.0376. The summed E-state index contributed by atoms with van der Waals surface area (Å²) in [6.07, 6.45) is 17.5. The van der Waals surface area contributed by atoms with Gasteiger partial charge in [-0.2, -0.15) is 0 Å². The Morgan fingerprint density at radius 2 is 1.65 bits per heavy atom. The molecule has 65 heavy (non-hydrogen) atoms. The van der Waals surface area contributed by atoms with E-state index in [2.05, 4.69) is 73.2 Å². The molecule has 0 spiro atoms. The van der Waals surface area contributed by atoms with Gasteiger partial charge in [0.15, 0.2) is 0 Å². The van der Waals surface area contributed by atoms with Crippen LogP contribution in [0.15, 0.2) is 79.0 Å². The third kappa shape index (κ3) is 12.0. The minimum atomic E-state index is -1.16. The molecule has 3 aliphatic rings. The molecule has 2 aromatic heterocycles. The number of carbonyl (C=O) groups is 1. The zero-order valence-corrected chi connectivity index (χ0v) is 38.9. The Bertz CT molecular complexity index is 2200. The van der Waals surface area contributed by atoms with Gasteiger partial charge in [0.2, 0.25) is 0 Å². The van der Waals surface area contributed by atoms with Gasteiger partial charge in [0.1, 0.15) is 17.3 Å². The van der Waals surface area contributed by atoms with E-state index in [0.29, 0.717) is 67.3 Å². The highest BCUT2D eigenvalue weighted by atomic mass is 16.4. The Balaban J connectivity index is 1.16. The number of pyridine rings is 1. The maximum absolute atomic E-state index is 13.1. The number of anilines is 1. The van der Waals surface area contributed by atoms with Gasteiger partial charge in [-0.15, -0.1) is 0 Å². The van der Waals surface area contributed by atoms with Gasteiger partial charge in [-0.25, -0.2) is 4.98 Å². The van der Waals surface area contributed by atoms with Crippen LogP contribution in [0.2, 0.25) is 0 Å². The number of carboxylic acids is 1. The summed E-state index contributed by atoms with van der Waals surface area (Å²) in [6, 6.07) is 19.4. The third-order valence-corrected chi connectivity index (χ3v) is 15.6. The zero-order chi connectivity index (χ0) is 46.3. The third-order valence-electron chi connectivity index (χ3n) is 15.6.